The summed E-state index contributed by atoms with van der Waals surface area (Å²) in [7, 11) is 1.99. The number of para-hydroxylation sites is 1. The van der Waals surface area contributed by atoms with Gasteiger partial charge in [-0.15, -0.1) is 6.58 Å². The van der Waals surface area contributed by atoms with Crippen LogP contribution in [0.25, 0.3) is 22.0 Å². The fraction of sp³-hybridized carbons (Fsp3) is 0.304. The van der Waals surface area contributed by atoms with Gasteiger partial charge in [0, 0.05) is 68.9 Å². The van der Waals surface area contributed by atoms with Gasteiger partial charge in [-0.2, -0.15) is 0 Å². The maximum absolute atomic E-state index is 14.7. The number of rotatable bonds is 10. The molecule has 12 heteroatoms. The molecule has 0 aliphatic carbocycles. The van der Waals surface area contributed by atoms with Gasteiger partial charge in [-0.3, -0.25) is 14.4 Å². The van der Waals surface area contributed by atoms with Crippen molar-refractivity contribution in [1.29, 1.82) is 0 Å². The predicted molar refractivity (Wildman–Crippen MR) is 222 cm³/mol. The molecule has 3 saturated heterocycles. The fourth-order valence-electron chi connectivity index (χ4n) is 8.74. The van der Waals surface area contributed by atoms with E-state index in [0.29, 0.717) is 5.56 Å². The van der Waals surface area contributed by atoms with Gasteiger partial charge in [0.05, 0.1) is 18.6 Å². The molecule has 0 spiro atoms. The highest BCUT2D eigenvalue weighted by Crippen LogP contribution is 2.35. The zero-order valence-corrected chi connectivity index (χ0v) is 32.8. The summed E-state index contributed by atoms with van der Waals surface area (Å²) in [6.45, 7) is 6.26. The van der Waals surface area contributed by atoms with Crippen molar-refractivity contribution in [2.24, 2.45) is 7.05 Å². The monoisotopic (exact) mass is 779 g/mol. The minimum atomic E-state index is -0.902. The van der Waals surface area contributed by atoms with Crippen LogP contribution in [0.4, 0.5) is 4.79 Å². The smallest absolute Gasteiger partial charge is 0.334 e. The Kier molecular flexibility index (Phi) is 11.0. The lowest BCUT2D eigenvalue weighted by molar-refractivity contribution is -0.189. The molecule has 298 valence electrons. The summed E-state index contributed by atoms with van der Waals surface area (Å²) in [6, 6.07) is 28.9. The maximum atomic E-state index is 14.7. The van der Waals surface area contributed by atoms with Crippen LogP contribution in [0, 0.1) is 0 Å². The number of phenolic OH excluding ortho intramolecular Hbond substituents is 1. The van der Waals surface area contributed by atoms with Crippen molar-refractivity contribution in [3.8, 4) is 16.9 Å². The number of piperidine rings is 1. The van der Waals surface area contributed by atoms with Gasteiger partial charge in [0.1, 0.15) is 18.0 Å². The Labute approximate surface area is 338 Å². The number of urea groups is 1. The standard InChI is InChI=1S/C46H49N7O5/c1-3-23-51-31-42(55)52-40(26-32-15-21-37(54)22-16-32)45(57)50(30-41(52)53(51)46(58)47-27-33-11-6-4-7-12-33)28-36-13-10-14-38-39(29-48(2)43(36)38)34-17-19-35(20-18-34)44(56)49-24-8-5-9-25-49/h3-4,6-7,10-22,29,40-41,54H,1,5,8-9,23-28,30-31H2,2H3,(H,47,58)/t40-,41-/m0/s1. The molecule has 4 aromatic carbocycles. The van der Waals surface area contributed by atoms with E-state index in [4.69, 9.17) is 0 Å². The van der Waals surface area contributed by atoms with Gasteiger partial charge < -0.3 is 29.7 Å². The number of phenols is 1. The molecular weight excluding hydrogens is 731 g/mol. The average molecular weight is 780 g/mol. The highest BCUT2D eigenvalue weighted by molar-refractivity contribution is 5.99. The van der Waals surface area contributed by atoms with Crippen LogP contribution in [-0.4, -0.2) is 103 Å². The lowest BCUT2D eigenvalue weighted by atomic mass is 9.97. The summed E-state index contributed by atoms with van der Waals surface area (Å²) in [5.74, 6) is -0.307. The zero-order chi connectivity index (χ0) is 40.3. The third kappa shape index (κ3) is 7.67. The summed E-state index contributed by atoms with van der Waals surface area (Å²) in [4.78, 5) is 61.5. The second-order valence-electron chi connectivity index (χ2n) is 15.4. The van der Waals surface area contributed by atoms with Crippen molar-refractivity contribution >= 4 is 34.7 Å². The zero-order valence-electron chi connectivity index (χ0n) is 32.8. The Balaban J connectivity index is 1.12. The van der Waals surface area contributed by atoms with Crippen LogP contribution in [0.3, 0.4) is 0 Å². The van der Waals surface area contributed by atoms with Crippen LogP contribution >= 0.6 is 0 Å². The van der Waals surface area contributed by atoms with E-state index in [1.807, 2.05) is 78.7 Å². The van der Waals surface area contributed by atoms with Crippen molar-refractivity contribution in [3.63, 3.8) is 0 Å². The summed E-state index contributed by atoms with van der Waals surface area (Å²) in [5.41, 5.74) is 6.25. The lowest BCUT2D eigenvalue weighted by Gasteiger charge is -2.55. The number of aromatic hydroxyl groups is 1. The van der Waals surface area contributed by atoms with E-state index in [9.17, 15) is 24.3 Å². The van der Waals surface area contributed by atoms with Crippen LogP contribution in [0.1, 0.15) is 46.3 Å². The topological polar surface area (TPSA) is 122 Å². The van der Waals surface area contributed by atoms with Crippen molar-refractivity contribution in [2.45, 2.75) is 51.0 Å². The van der Waals surface area contributed by atoms with E-state index in [1.165, 1.54) is 0 Å². The number of benzene rings is 4. The highest BCUT2D eigenvalue weighted by atomic mass is 16.3. The van der Waals surface area contributed by atoms with E-state index in [-0.39, 0.29) is 68.6 Å². The number of carbonyl (C=O) groups is 4. The molecule has 3 aliphatic heterocycles. The third-order valence-corrected chi connectivity index (χ3v) is 11.6. The maximum Gasteiger partial charge on any atom is 0.334 e. The second kappa shape index (κ2) is 16.6. The lowest BCUT2D eigenvalue weighted by Crippen LogP contribution is -2.76. The SMILES string of the molecule is C=CCN1CC(=O)N2[C@@H](Cc3ccc(O)cc3)C(=O)N(Cc3cccc4c(-c5ccc(C(=O)N6CCCCC6)cc5)cn(C)c34)C[C@@H]2N1C(=O)NCc1ccccc1. The van der Waals surface area contributed by atoms with Gasteiger partial charge in [0.15, 0.2) is 0 Å². The highest BCUT2D eigenvalue weighted by Gasteiger charge is 2.51. The minimum absolute atomic E-state index is 0.0689. The fourth-order valence-corrected chi connectivity index (χ4v) is 8.74. The Morgan fingerprint density at radius 3 is 2.34 bits per heavy atom. The number of hydrogen-bond donors (Lipinski definition) is 2. The number of carbonyl (C=O) groups excluding carboxylic acids is 4. The van der Waals surface area contributed by atoms with Crippen LogP contribution < -0.4 is 5.32 Å². The Hall–Kier alpha value is -6.40. The largest absolute Gasteiger partial charge is 0.508 e. The van der Waals surface area contributed by atoms with E-state index in [2.05, 4.69) is 28.7 Å². The molecule has 1 aromatic heterocycles. The third-order valence-electron chi connectivity index (χ3n) is 11.6. The molecule has 0 radical (unpaired) electrons. The number of nitrogens with one attached hydrogen (secondary N) is 1. The molecule has 8 rings (SSSR count). The van der Waals surface area contributed by atoms with Crippen molar-refractivity contribution in [2.75, 3.05) is 32.7 Å². The summed E-state index contributed by atoms with van der Waals surface area (Å²) < 4.78 is 2.07. The Bertz CT molecular complexity index is 2320. The molecule has 2 atom stereocenters. The van der Waals surface area contributed by atoms with Crippen molar-refractivity contribution in [3.05, 3.63) is 138 Å². The van der Waals surface area contributed by atoms with Gasteiger partial charge in [0.25, 0.3) is 5.91 Å². The molecule has 0 unspecified atom stereocenters. The number of piperazine rings is 1. The van der Waals surface area contributed by atoms with Crippen LogP contribution in [0.2, 0.25) is 0 Å². The molecule has 0 bridgehead atoms. The number of amides is 5. The van der Waals surface area contributed by atoms with Crippen LogP contribution in [0.15, 0.2) is 116 Å². The molecule has 3 fully saturated rings. The normalized spacial score (nSPS) is 18.7. The number of likely N-dealkylation sites (tertiary alicyclic amines) is 1. The predicted octanol–water partition coefficient (Wildman–Crippen LogP) is 5.91. The van der Waals surface area contributed by atoms with Crippen molar-refractivity contribution < 1.29 is 24.3 Å². The quantitative estimate of drug-likeness (QED) is 0.170. The minimum Gasteiger partial charge on any atom is -0.508 e. The molecule has 58 heavy (non-hydrogen) atoms. The number of aromatic nitrogens is 1. The van der Waals surface area contributed by atoms with Gasteiger partial charge in [-0.1, -0.05) is 78.9 Å². The second-order valence-corrected chi connectivity index (χ2v) is 15.4. The Morgan fingerprint density at radius 1 is 0.879 bits per heavy atom. The van der Waals surface area contributed by atoms with Crippen molar-refractivity contribution in [1.82, 2.24) is 34.6 Å². The molecule has 3 aliphatic rings. The first-order valence-corrected chi connectivity index (χ1v) is 20.0. The number of aryl methyl sites for hydroxylation is 1. The number of nitrogens with zero attached hydrogens (tertiary/aromatic N) is 6. The molecule has 4 heterocycles. The van der Waals surface area contributed by atoms with E-state index < -0.39 is 12.2 Å². The van der Waals surface area contributed by atoms with E-state index in [0.717, 1.165) is 71.1 Å². The van der Waals surface area contributed by atoms with Gasteiger partial charge in [-0.05, 0) is 65.8 Å². The summed E-state index contributed by atoms with van der Waals surface area (Å²) in [6.07, 6.45) is 6.38. The van der Waals surface area contributed by atoms with Crippen LogP contribution in [0.5, 0.6) is 5.75 Å². The molecule has 0 saturated carbocycles. The van der Waals surface area contributed by atoms with E-state index in [1.54, 1.807) is 50.2 Å². The molecule has 2 N–H and O–H groups in total. The molecule has 12 nitrogen and oxygen atoms in total. The summed E-state index contributed by atoms with van der Waals surface area (Å²) >= 11 is 0. The molecular formula is C46H49N7O5. The average Bonchev–Trinajstić information content (AvgIpc) is 3.59. The van der Waals surface area contributed by atoms with Gasteiger partial charge in [-0.25, -0.2) is 14.8 Å². The van der Waals surface area contributed by atoms with Gasteiger partial charge in [0.2, 0.25) is 11.8 Å². The molecule has 5 amide bonds. The van der Waals surface area contributed by atoms with E-state index >= 15 is 0 Å². The number of hydrogen-bond acceptors (Lipinski definition) is 6. The first-order valence-electron chi connectivity index (χ1n) is 20.0. The molecule has 5 aromatic rings. The number of fused-ring (bicyclic) bond motifs is 2. The number of hydrazine groups is 1. The summed E-state index contributed by atoms with van der Waals surface area (Å²) in [5, 5.41) is 17.3. The first kappa shape index (κ1) is 38.5. The first-order chi connectivity index (χ1) is 28.2. The van der Waals surface area contributed by atoms with Crippen LogP contribution in [-0.2, 0) is 36.1 Å². The Morgan fingerprint density at radius 2 is 1.62 bits per heavy atom. The van der Waals surface area contributed by atoms with Gasteiger partial charge >= 0.3 is 6.03 Å².